The van der Waals surface area contributed by atoms with E-state index in [1.54, 1.807) is 46.9 Å². The summed E-state index contributed by atoms with van der Waals surface area (Å²) in [6.45, 7) is 1.57. The Hall–Kier alpha value is -4.21. The van der Waals surface area contributed by atoms with E-state index < -0.39 is 5.91 Å². The van der Waals surface area contributed by atoms with E-state index in [9.17, 15) is 14.4 Å². The highest BCUT2D eigenvalue weighted by molar-refractivity contribution is 6.02. The molecule has 3 aromatic rings. The van der Waals surface area contributed by atoms with Crippen LogP contribution in [0.2, 0.25) is 0 Å². The van der Waals surface area contributed by atoms with Crippen molar-refractivity contribution in [2.75, 3.05) is 30.8 Å². The summed E-state index contributed by atoms with van der Waals surface area (Å²) in [6, 6.07) is 10.5. The van der Waals surface area contributed by atoms with Crippen LogP contribution in [0, 0.1) is 5.92 Å². The highest BCUT2D eigenvalue weighted by Crippen LogP contribution is 2.35. The number of nitrogens with zero attached hydrogens (tertiary/aromatic N) is 4. The predicted molar refractivity (Wildman–Crippen MR) is 125 cm³/mol. The summed E-state index contributed by atoms with van der Waals surface area (Å²) in [5.41, 5.74) is 1.66. The molecule has 2 aliphatic rings. The van der Waals surface area contributed by atoms with E-state index >= 15 is 0 Å². The minimum absolute atomic E-state index is 0.0477. The molecule has 2 atom stereocenters. The lowest BCUT2D eigenvalue weighted by atomic mass is 9.83. The number of ether oxygens (including phenoxy) is 1. The summed E-state index contributed by atoms with van der Waals surface area (Å²) in [4.78, 5) is 48.1. The van der Waals surface area contributed by atoms with Crippen molar-refractivity contribution in [2.45, 2.75) is 18.9 Å². The van der Waals surface area contributed by atoms with E-state index in [0.29, 0.717) is 25.3 Å². The third-order valence-corrected chi connectivity index (χ3v) is 6.28. The smallest absolute Gasteiger partial charge is 0.321 e. The first kappa shape index (κ1) is 21.6. The third-order valence-electron chi connectivity index (χ3n) is 6.28. The normalized spacial score (nSPS) is 18.6. The Bertz CT molecular complexity index is 1270. The molecule has 1 aromatic carbocycles. The number of rotatable bonds is 4. The standard InChI is InChI=1S/C24H24N6O4/c1-34-18-4-2-17(3-5-18)27-24(33)29-12-15-10-16(14-29)21-7-6-19(23(32)30(21)13-15)28-22(31)20-11-25-8-9-26-20/h2-9,11,15-16H,10,12-14H2,1H3,(H,27,33)(H,28,31). The Morgan fingerprint density at radius 3 is 2.59 bits per heavy atom. The van der Waals surface area contributed by atoms with Crippen LogP contribution in [-0.4, -0.2) is 51.6 Å². The molecule has 2 aromatic heterocycles. The van der Waals surface area contributed by atoms with E-state index in [1.807, 2.05) is 6.07 Å². The fourth-order valence-electron chi connectivity index (χ4n) is 4.69. The van der Waals surface area contributed by atoms with E-state index in [4.69, 9.17) is 4.74 Å². The maximum atomic E-state index is 13.1. The number of hydrogen-bond acceptors (Lipinski definition) is 6. The summed E-state index contributed by atoms with van der Waals surface area (Å²) >= 11 is 0. The van der Waals surface area contributed by atoms with Crippen LogP contribution in [0.5, 0.6) is 5.75 Å². The molecule has 10 nitrogen and oxygen atoms in total. The third kappa shape index (κ3) is 4.21. The summed E-state index contributed by atoms with van der Waals surface area (Å²) < 4.78 is 6.88. The fraction of sp³-hybridized carbons (Fsp3) is 0.292. The Kier molecular flexibility index (Phi) is 5.70. The number of aromatic nitrogens is 3. The Labute approximate surface area is 195 Å². The van der Waals surface area contributed by atoms with Gasteiger partial charge in [-0.05, 0) is 48.7 Å². The largest absolute Gasteiger partial charge is 0.497 e. The predicted octanol–water partition coefficient (Wildman–Crippen LogP) is 2.55. The maximum absolute atomic E-state index is 13.1. The number of amides is 3. The second-order valence-electron chi connectivity index (χ2n) is 8.49. The molecule has 0 spiro atoms. The van der Waals surface area contributed by atoms with Crippen LogP contribution in [-0.2, 0) is 6.54 Å². The molecule has 2 bridgehead atoms. The lowest BCUT2D eigenvalue weighted by Gasteiger charge is -2.42. The van der Waals surface area contributed by atoms with Crippen molar-refractivity contribution >= 4 is 23.3 Å². The second kappa shape index (κ2) is 8.97. The molecule has 5 rings (SSSR count). The van der Waals surface area contributed by atoms with Gasteiger partial charge >= 0.3 is 6.03 Å². The second-order valence-corrected chi connectivity index (χ2v) is 8.49. The number of methoxy groups -OCH3 is 1. The Morgan fingerprint density at radius 2 is 1.85 bits per heavy atom. The van der Waals surface area contributed by atoms with Gasteiger partial charge in [-0.2, -0.15) is 0 Å². The van der Waals surface area contributed by atoms with Crippen molar-refractivity contribution in [1.82, 2.24) is 19.4 Å². The number of benzene rings is 1. The number of anilines is 2. The van der Waals surface area contributed by atoms with Crippen molar-refractivity contribution in [3.05, 3.63) is 76.7 Å². The number of urea groups is 1. The van der Waals surface area contributed by atoms with Crippen LogP contribution in [0.4, 0.5) is 16.2 Å². The topological polar surface area (TPSA) is 118 Å². The average Bonchev–Trinajstić information content (AvgIpc) is 2.87. The van der Waals surface area contributed by atoms with Gasteiger partial charge in [0, 0.05) is 49.3 Å². The highest BCUT2D eigenvalue weighted by Gasteiger charge is 2.36. The summed E-state index contributed by atoms with van der Waals surface area (Å²) in [5, 5.41) is 5.58. The van der Waals surface area contributed by atoms with Gasteiger partial charge in [0.05, 0.1) is 13.3 Å². The Morgan fingerprint density at radius 1 is 1.03 bits per heavy atom. The molecule has 1 fully saturated rings. The number of carbonyl (C=O) groups is 2. The zero-order valence-electron chi connectivity index (χ0n) is 18.6. The van der Waals surface area contributed by atoms with Crippen molar-refractivity contribution in [3.8, 4) is 5.75 Å². The van der Waals surface area contributed by atoms with E-state index in [2.05, 4.69) is 20.6 Å². The molecule has 10 heteroatoms. The van der Waals surface area contributed by atoms with E-state index in [-0.39, 0.29) is 34.8 Å². The monoisotopic (exact) mass is 460 g/mol. The molecule has 1 saturated heterocycles. The summed E-state index contributed by atoms with van der Waals surface area (Å²) in [6.07, 6.45) is 5.16. The quantitative estimate of drug-likeness (QED) is 0.618. The van der Waals surface area contributed by atoms with Crippen LogP contribution in [0.25, 0.3) is 0 Å². The molecule has 0 saturated carbocycles. The molecular formula is C24H24N6O4. The molecule has 2 aliphatic heterocycles. The first-order chi connectivity index (χ1) is 16.5. The summed E-state index contributed by atoms with van der Waals surface area (Å²) in [7, 11) is 1.60. The molecule has 0 radical (unpaired) electrons. The van der Waals surface area contributed by atoms with Gasteiger partial charge in [-0.25, -0.2) is 9.78 Å². The van der Waals surface area contributed by atoms with Crippen molar-refractivity contribution in [1.29, 1.82) is 0 Å². The molecule has 2 unspecified atom stereocenters. The number of piperidine rings is 1. The van der Waals surface area contributed by atoms with Gasteiger partial charge in [-0.3, -0.25) is 14.6 Å². The fourth-order valence-corrected chi connectivity index (χ4v) is 4.69. The van der Waals surface area contributed by atoms with Gasteiger partial charge in [-0.1, -0.05) is 0 Å². The lowest BCUT2D eigenvalue weighted by molar-refractivity contribution is 0.102. The molecule has 174 valence electrons. The SMILES string of the molecule is COc1ccc(NC(=O)N2CC3CC(C2)c2ccc(NC(=O)c4cnccn4)c(=O)n2C3)cc1. The maximum Gasteiger partial charge on any atom is 0.321 e. The lowest BCUT2D eigenvalue weighted by Crippen LogP contribution is -2.50. The van der Waals surface area contributed by atoms with Gasteiger partial charge in [0.25, 0.3) is 11.5 Å². The van der Waals surface area contributed by atoms with Crippen LogP contribution in [0.1, 0.15) is 28.5 Å². The first-order valence-electron chi connectivity index (χ1n) is 11.0. The van der Waals surface area contributed by atoms with Crippen molar-refractivity contribution < 1.29 is 14.3 Å². The number of fused-ring (bicyclic) bond motifs is 4. The zero-order valence-corrected chi connectivity index (χ0v) is 18.6. The van der Waals surface area contributed by atoms with Crippen LogP contribution in [0.3, 0.4) is 0 Å². The molecule has 4 heterocycles. The molecule has 34 heavy (non-hydrogen) atoms. The van der Waals surface area contributed by atoms with Gasteiger partial charge in [0.2, 0.25) is 0 Å². The van der Waals surface area contributed by atoms with Crippen LogP contribution >= 0.6 is 0 Å². The minimum Gasteiger partial charge on any atom is -0.497 e. The average molecular weight is 460 g/mol. The van der Waals surface area contributed by atoms with Gasteiger partial charge in [0.1, 0.15) is 17.1 Å². The van der Waals surface area contributed by atoms with Gasteiger partial charge < -0.3 is 24.8 Å². The van der Waals surface area contributed by atoms with Crippen molar-refractivity contribution in [2.24, 2.45) is 5.92 Å². The number of carbonyl (C=O) groups excluding carboxylic acids is 2. The highest BCUT2D eigenvalue weighted by atomic mass is 16.5. The van der Waals surface area contributed by atoms with E-state index in [1.165, 1.54) is 18.6 Å². The molecule has 2 N–H and O–H groups in total. The number of likely N-dealkylation sites (tertiary alicyclic amines) is 1. The molecule has 0 aliphatic carbocycles. The van der Waals surface area contributed by atoms with Crippen LogP contribution in [0.15, 0.2) is 59.8 Å². The first-order valence-corrected chi connectivity index (χ1v) is 11.0. The molecular weight excluding hydrogens is 436 g/mol. The van der Waals surface area contributed by atoms with Crippen LogP contribution < -0.4 is 20.9 Å². The van der Waals surface area contributed by atoms with Gasteiger partial charge in [-0.15, -0.1) is 0 Å². The zero-order chi connectivity index (χ0) is 23.7. The number of hydrogen-bond donors (Lipinski definition) is 2. The number of pyridine rings is 1. The molecule has 3 amide bonds. The minimum atomic E-state index is -0.483. The van der Waals surface area contributed by atoms with E-state index in [0.717, 1.165) is 17.9 Å². The number of nitrogens with one attached hydrogen (secondary N) is 2. The van der Waals surface area contributed by atoms with Gasteiger partial charge in [0.15, 0.2) is 0 Å². The van der Waals surface area contributed by atoms with Crippen molar-refractivity contribution in [3.63, 3.8) is 0 Å². The summed E-state index contributed by atoms with van der Waals surface area (Å²) in [5.74, 6) is 0.436. The Balaban J connectivity index is 1.31.